The van der Waals surface area contributed by atoms with Crippen molar-refractivity contribution < 1.29 is 9.18 Å². The van der Waals surface area contributed by atoms with Gasteiger partial charge in [0, 0.05) is 17.3 Å². The van der Waals surface area contributed by atoms with Gasteiger partial charge in [-0.05, 0) is 26.7 Å². The summed E-state index contributed by atoms with van der Waals surface area (Å²) in [5, 5.41) is 4.11. The highest BCUT2D eigenvalue weighted by Gasteiger charge is 2.31. The molecule has 0 amide bonds. The fourth-order valence-corrected chi connectivity index (χ4v) is 2.01. The lowest BCUT2D eigenvalue weighted by atomic mass is 10.2. The van der Waals surface area contributed by atoms with Gasteiger partial charge in [-0.15, -0.1) is 0 Å². The van der Waals surface area contributed by atoms with Gasteiger partial charge in [0.05, 0.1) is 0 Å². The molecule has 0 saturated carbocycles. The molecule has 2 rings (SSSR count). The second kappa shape index (κ2) is 3.19. The van der Waals surface area contributed by atoms with Crippen LogP contribution >= 0.6 is 0 Å². The SMILES string of the molecule is CC(C)n1nc(C=O)c2c1CCC2F. The summed E-state index contributed by atoms with van der Waals surface area (Å²) in [7, 11) is 0. The summed E-state index contributed by atoms with van der Waals surface area (Å²) in [6, 6.07) is 0.183. The Bertz CT molecular complexity index is 370. The van der Waals surface area contributed by atoms with Crippen LogP contribution in [0.1, 0.15) is 54.2 Å². The minimum Gasteiger partial charge on any atom is -0.296 e. The van der Waals surface area contributed by atoms with Gasteiger partial charge in [-0.25, -0.2) is 4.39 Å². The van der Waals surface area contributed by atoms with Crippen molar-refractivity contribution >= 4 is 6.29 Å². The molecule has 0 aliphatic heterocycles. The lowest BCUT2D eigenvalue weighted by Crippen LogP contribution is -2.06. The fourth-order valence-electron chi connectivity index (χ4n) is 2.01. The molecule has 3 nitrogen and oxygen atoms in total. The molecule has 14 heavy (non-hydrogen) atoms. The van der Waals surface area contributed by atoms with Gasteiger partial charge in [0.2, 0.25) is 0 Å². The molecule has 0 bridgehead atoms. The highest BCUT2D eigenvalue weighted by Crippen LogP contribution is 2.36. The monoisotopic (exact) mass is 196 g/mol. The maximum atomic E-state index is 13.4. The molecule has 0 N–H and O–H groups in total. The van der Waals surface area contributed by atoms with Crippen molar-refractivity contribution in [3.05, 3.63) is 17.0 Å². The molecule has 1 atom stereocenters. The zero-order chi connectivity index (χ0) is 10.3. The van der Waals surface area contributed by atoms with Crippen LogP contribution in [0.4, 0.5) is 4.39 Å². The predicted octanol–water partition coefficient (Wildman–Crippen LogP) is 2.23. The summed E-state index contributed by atoms with van der Waals surface area (Å²) in [5.74, 6) is 0. The Hall–Kier alpha value is -1.19. The average Bonchev–Trinajstić information content (AvgIpc) is 2.66. The van der Waals surface area contributed by atoms with Crippen molar-refractivity contribution in [1.29, 1.82) is 0 Å². The smallest absolute Gasteiger partial charge is 0.170 e. The third kappa shape index (κ3) is 1.17. The first-order valence-electron chi connectivity index (χ1n) is 4.85. The third-order valence-corrected chi connectivity index (χ3v) is 2.63. The maximum Gasteiger partial charge on any atom is 0.170 e. The molecule has 76 valence electrons. The Morgan fingerprint density at radius 2 is 2.36 bits per heavy atom. The summed E-state index contributed by atoms with van der Waals surface area (Å²) < 4.78 is 15.2. The van der Waals surface area contributed by atoms with Crippen molar-refractivity contribution in [2.24, 2.45) is 0 Å². The Labute approximate surface area is 81.9 Å². The zero-order valence-electron chi connectivity index (χ0n) is 8.33. The summed E-state index contributed by atoms with van der Waals surface area (Å²) in [4.78, 5) is 10.7. The fraction of sp³-hybridized carbons (Fsp3) is 0.600. The number of hydrogen-bond donors (Lipinski definition) is 0. The second-order valence-electron chi connectivity index (χ2n) is 3.91. The van der Waals surface area contributed by atoms with Gasteiger partial charge in [0.1, 0.15) is 11.9 Å². The average molecular weight is 196 g/mol. The van der Waals surface area contributed by atoms with Crippen LogP contribution in [0.25, 0.3) is 0 Å². The number of hydrogen-bond acceptors (Lipinski definition) is 2. The summed E-state index contributed by atoms with van der Waals surface area (Å²) in [6.07, 6.45) is 0.823. The van der Waals surface area contributed by atoms with E-state index >= 15 is 0 Å². The van der Waals surface area contributed by atoms with Crippen LogP contribution in [0, 0.1) is 0 Å². The standard InChI is InChI=1S/C10H13FN2O/c1-6(2)13-9-4-3-7(11)10(9)8(5-14)12-13/h5-7H,3-4H2,1-2H3. The van der Waals surface area contributed by atoms with Crippen LogP contribution in [0.15, 0.2) is 0 Å². The molecule has 0 aromatic carbocycles. The van der Waals surface area contributed by atoms with Gasteiger partial charge in [-0.3, -0.25) is 9.48 Å². The summed E-state index contributed by atoms with van der Waals surface area (Å²) >= 11 is 0. The number of aromatic nitrogens is 2. The number of carbonyl (C=O) groups excluding carboxylic acids is 1. The maximum absolute atomic E-state index is 13.4. The molecule has 0 saturated heterocycles. The molecular formula is C10H13FN2O. The Kier molecular flexibility index (Phi) is 2.13. The topological polar surface area (TPSA) is 34.9 Å². The zero-order valence-corrected chi connectivity index (χ0v) is 8.33. The van der Waals surface area contributed by atoms with Gasteiger partial charge >= 0.3 is 0 Å². The molecule has 1 aromatic rings. The summed E-state index contributed by atoms with van der Waals surface area (Å²) in [5.41, 5.74) is 1.70. The largest absolute Gasteiger partial charge is 0.296 e. The highest BCUT2D eigenvalue weighted by atomic mass is 19.1. The quantitative estimate of drug-likeness (QED) is 0.680. The van der Waals surface area contributed by atoms with E-state index in [1.54, 1.807) is 4.68 Å². The van der Waals surface area contributed by atoms with E-state index in [1.165, 1.54) is 0 Å². The predicted molar refractivity (Wildman–Crippen MR) is 50.2 cm³/mol. The molecule has 4 heteroatoms. The number of fused-ring (bicyclic) bond motifs is 1. The van der Waals surface area contributed by atoms with Crippen molar-refractivity contribution in [1.82, 2.24) is 9.78 Å². The van der Waals surface area contributed by atoms with Gasteiger partial charge < -0.3 is 0 Å². The van der Waals surface area contributed by atoms with E-state index in [1.807, 2.05) is 13.8 Å². The van der Waals surface area contributed by atoms with E-state index in [4.69, 9.17) is 0 Å². The van der Waals surface area contributed by atoms with E-state index in [0.29, 0.717) is 24.7 Å². The van der Waals surface area contributed by atoms with Gasteiger partial charge in [-0.1, -0.05) is 0 Å². The van der Waals surface area contributed by atoms with Crippen molar-refractivity contribution in [2.45, 2.75) is 38.9 Å². The van der Waals surface area contributed by atoms with Gasteiger partial charge in [0.15, 0.2) is 6.29 Å². The number of nitrogens with zero attached hydrogens (tertiary/aromatic N) is 2. The van der Waals surface area contributed by atoms with E-state index in [-0.39, 0.29) is 11.7 Å². The molecule has 1 unspecified atom stereocenters. The lowest BCUT2D eigenvalue weighted by Gasteiger charge is -2.08. The Balaban J connectivity index is 2.57. The van der Waals surface area contributed by atoms with E-state index in [0.717, 1.165) is 5.69 Å². The van der Waals surface area contributed by atoms with Crippen LogP contribution in [0.3, 0.4) is 0 Å². The van der Waals surface area contributed by atoms with Crippen LogP contribution in [0.5, 0.6) is 0 Å². The van der Waals surface area contributed by atoms with Gasteiger partial charge in [0.25, 0.3) is 0 Å². The molecule has 1 heterocycles. The molecule has 0 spiro atoms. The molecular weight excluding hydrogens is 183 g/mol. The van der Waals surface area contributed by atoms with Crippen molar-refractivity contribution in [2.75, 3.05) is 0 Å². The van der Waals surface area contributed by atoms with Crippen LogP contribution in [-0.4, -0.2) is 16.1 Å². The van der Waals surface area contributed by atoms with Crippen LogP contribution in [0.2, 0.25) is 0 Å². The van der Waals surface area contributed by atoms with Crippen molar-refractivity contribution in [3.8, 4) is 0 Å². The first-order valence-corrected chi connectivity index (χ1v) is 4.85. The first kappa shape index (κ1) is 9.37. The molecule has 1 aromatic heterocycles. The minimum absolute atomic E-state index is 0.183. The molecule has 0 fully saturated rings. The Morgan fingerprint density at radius 3 is 2.93 bits per heavy atom. The Morgan fingerprint density at radius 1 is 1.64 bits per heavy atom. The highest BCUT2D eigenvalue weighted by molar-refractivity contribution is 5.75. The van der Waals surface area contributed by atoms with E-state index in [2.05, 4.69) is 5.10 Å². The molecule has 0 radical (unpaired) electrons. The lowest BCUT2D eigenvalue weighted by molar-refractivity contribution is 0.111. The first-order chi connectivity index (χ1) is 6.65. The second-order valence-corrected chi connectivity index (χ2v) is 3.91. The number of halogens is 1. The number of carbonyl (C=O) groups is 1. The summed E-state index contributed by atoms with van der Waals surface area (Å²) in [6.45, 7) is 3.96. The van der Waals surface area contributed by atoms with Gasteiger partial charge in [-0.2, -0.15) is 5.10 Å². The molecule has 1 aliphatic carbocycles. The third-order valence-electron chi connectivity index (χ3n) is 2.63. The van der Waals surface area contributed by atoms with Crippen molar-refractivity contribution in [3.63, 3.8) is 0 Å². The molecule has 1 aliphatic rings. The number of rotatable bonds is 2. The van der Waals surface area contributed by atoms with E-state index in [9.17, 15) is 9.18 Å². The number of alkyl halides is 1. The minimum atomic E-state index is -1.00. The van der Waals surface area contributed by atoms with Crippen LogP contribution in [-0.2, 0) is 6.42 Å². The van der Waals surface area contributed by atoms with E-state index < -0.39 is 6.17 Å². The normalized spacial score (nSPS) is 20.1. The number of aldehydes is 1. The van der Waals surface area contributed by atoms with Crippen LogP contribution < -0.4 is 0 Å².